The zero-order valence-corrected chi connectivity index (χ0v) is 23.1. The molecule has 6 nitrogen and oxygen atoms in total. The second-order valence-electron chi connectivity index (χ2n) is 10.9. The molecule has 0 N–H and O–H groups in total. The van der Waals surface area contributed by atoms with Crippen molar-refractivity contribution < 1.29 is 32.2 Å². The van der Waals surface area contributed by atoms with E-state index in [1.807, 2.05) is 38.1 Å². The van der Waals surface area contributed by atoms with Crippen LogP contribution in [0.3, 0.4) is 0 Å². The first-order valence-electron chi connectivity index (χ1n) is 13.2. The van der Waals surface area contributed by atoms with E-state index in [4.69, 9.17) is 21.1 Å². The van der Waals surface area contributed by atoms with Gasteiger partial charge in [-0.25, -0.2) is 4.79 Å². The summed E-state index contributed by atoms with van der Waals surface area (Å²) in [5.74, 6) is -1.40. The lowest BCUT2D eigenvalue weighted by molar-refractivity contribution is -0.220. The van der Waals surface area contributed by atoms with Crippen molar-refractivity contribution in [1.82, 2.24) is 9.80 Å². The number of likely N-dealkylation sites (tertiary alicyclic amines) is 2. The van der Waals surface area contributed by atoms with Gasteiger partial charge in [0.25, 0.3) is 5.91 Å². The van der Waals surface area contributed by atoms with Crippen LogP contribution in [0.15, 0.2) is 42.5 Å². The lowest BCUT2D eigenvalue weighted by Gasteiger charge is -2.43. The topological polar surface area (TPSA) is 59.1 Å². The van der Waals surface area contributed by atoms with Gasteiger partial charge < -0.3 is 14.4 Å². The Morgan fingerprint density at radius 3 is 2.38 bits per heavy atom. The van der Waals surface area contributed by atoms with Gasteiger partial charge in [-0.05, 0) is 55.9 Å². The summed E-state index contributed by atoms with van der Waals surface area (Å²) in [5, 5.41) is 0.498. The van der Waals surface area contributed by atoms with Crippen LogP contribution >= 0.6 is 11.6 Å². The molecule has 0 aromatic heterocycles. The Morgan fingerprint density at radius 2 is 1.72 bits per heavy atom. The molecule has 1 atom stereocenters. The molecular formula is C29H34ClF3N2O4. The van der Waals surface area contributed by atoms with Crippen LogP contribution < -0.4 is 4.74 Å². The van der Waals surface area contributed by atoms with Crippen molar-refractivity contribution >= 4 is 23.5 Å². The monoisotopic (exact) mass is 566 g/mol. The summed E-state index contributed by atoms with van der Waals surface area (Å²) in [6, 6.07) is 12.6. The number of para-hydroxylation sites is 1. The lowest BCUT2D eigenvalue weighted by atomic mass is 9.76. The van der Waals surface area contributed by atoms with Crippen LogP contribution in [-0.2, 0) is 16.1 Å². The van der Waals surface area contributed by atoms with E-state index in [0.717, 1.165) is 5.56 Å². The van der Waals surface area contributed by atoms with Crippen molar-refractivity contribution in [3.8, 4) is 5.75 Å². The van der Waals surface area contributed by atoms with Gasteiger partial charge >= 0.3 is 12.1 Å². The average Bonchev–Trinajstić information content (AvgIpc) is 3.20. The summed E-state index contributed by atoms with van der Waals surface area (Å²) in [6.07, 6.45) is -4.80. The van der Waals surface area contributed by atoms with E-state index >= 15 is 0 Å². The molecule has 39 heavy (non-hydrogen) atoms. The van der Waals surface area contributed by atoms with E-state index < -0.39 is 23.8 Å². The Bertz CT molecular complexity index is 1200. The quantitative estimate of drug-likeness (QED) is 0.371. The molecule has 2 fully saturated rings. The first-order chi connectivity index (χ1) is 18.4. The van der Waals surface area contributed by atoms with Gasteiger partial charge in [-0.3, -0.25) is 9.69 Å². The van der Waals surface area contributed by atoms with Crippen LogP contribution in [0.1, 0.15) is 54.6 Å². The van der Waals surface area contributed by atoms with Crippen molar-refractivity contribution in [2.24, 2.45) is 11.3 Å². The predicted molar refractivity (Wildman–Crippen MR) is 141 cm³/mol. The molecule has 2 aliphatic heterocycles. The second-order valence-corrected chi connectivity index (χ2v) is 11.3. The second kappa shape index (κ2) is 11.8. The van der Waals surface area contributed by atoms with E-state index in [9.17, 15) is 22.8 Å². The Kier molecular flexibility index (Phi) is 8.81. The molecule has 2 aliphatic rings. The third kappa shape index (κ3) is 6.52. The highest BCUT2D eigenvalue weighted by atomic mass is 35.5. The fraction of sp³-hybridized carbons (Fsp3) is 0.517. The minimum atomic E-state index is -5.10. The smallest absolute Gasteiger partial charge is 0.490 e. The Hall–Kier alpha value is -2.78. The number of hydrogen-bond donors (Lipinski definition) is 0. The van der Waals surface area contributed by atoms with E-state index in [1.165, 1.54) is 0 Å². The molecule has 2 heterocycles. The first kappa shape index (κ1) is 29.2. The van der Waals surface area contributed by atoms with E-state index in [2.05, 4.69) is 0 Å². The molecule has 0 aliphatic carbocycles. The minimum absolute atomic E-state index is 0.167. The molecule has 0 saturated carbocycles. The zero-order chi connectivity index (χ0) is 28.4. The number of carbonyl (C=O) groups is 2. The van der Waals surface area contributed by atoms with Crippen LogP contribution in [0.2, 0.25) is 5.02 Å². The van der Waals surface area contributed by atoms with Crippen LogP contribution in [0.5, 0.6) is 5.75 Å². The van der Waals surface area contributed by atoms with Gasteiger partial charge in [0.2, 0.25) is 0 Å². The number of esters is 1. The van der Waals surface area contributed by atoms with Crippen LogP contribution in [0, 0.1) is 18.3 Å². The summed E-state index contributed by atoms with van der Waals surface area (Å²) >= 11 is 6.20. The number of carbonyl (C=O) groups excluding carboxylic acids is 2. The Balaban J connectivity index is 1.54. The van der Waals surface area contributed by atoms with Crippen molar-refractivity contribution in [2.75, 3.05) is 26.2 Å². The molecule has 0 radical (unpaired) electrons. The number of piperidine rings is 1. The number of benzene rings is 2. The number of ether oxygens (including phenoxy) is 2. The molecule has 2 aromatic carbocycles. The SMILES string of the molecule is Cc1c(Cl)cccc1C(=O)N1CCC2(CC1)CCN(Cc1ccccc1OCC(C)C)C2OC(=O)C(F)(F)F. The fourth-order valence-corrected chi connectivity index (χ4v) is 5.61. The highest BCUT2D eigenvalue weighted by Gasteiger charge is 2.54. The normalized spacial score (nSPS) is 19.5. The summed E-state index contributed by atoms with van der Waals surface area (Å²) in [7, 11) is 0. The standard InChI is InChI=1S/C29H34ClF3N2O4/c1-19(2)18-38-24-10-5-4-7-21(24)17-35-16-13-28(26(35)39-27(37)29(31,32)33)11-14-34(15-12-28)25(36)22-8-6-9-23(30)20(22)3/h4-10,19,26H,11-18H2,1-3H3. The van der Waals surface area contributed by atoms with Gasteiger partial charge in [0.05, 0.1) is 6.61 Å². The van der Waals surface area contributed by atoms with Gasteiger partial charge in [-0.1, -0.05) is 49.7 Å². The molecule has 1 spiro atoms. The molecule has 4 rings (SSSR count). The van der Waals surface area contributed by atoms with Gasteiger partial charge in [-0.2, -0.15) is 13.2 Å². The van der Waals surface area contributed by atoms with E-state index in [0.29, 0.717) is 73.3 Å². The maximum Gasteiger partial charge on any atom is 0.490 e. The number of amides is 1. The van der Waals surface area contributed by atoms with Gasteiger partial charge in [0.1, 0.15) is 5.75 Å². The highest BCUT2D eigenvalue weighted by Crippen LogP contribution is 2.47. The van der Waals surface area contributed by atoms with Gasteiger partial charge in [0, 0.05) is 47.7 Å². The summed E-state index contributed by atoms with van der Waals surface area (Å²) in [5.41, 5.74) is 1.30. The number of alkyl halides is 3. The van der Waals surface area contributed by atoms with Crippen LogP contribution in [0.25, 0.3) is 0 Å². The number of hydrogen-bond acceptors (Lipinski definition) is 5. The maximum atomic E-state index is 13.3. The van der Waals surface area contributed by atoms with Crippen molar-refractivity contribution in [1.29, 1.82) is 0 Å². The number of halogens is 4. The van der Waals surface area contributed by atoms with E-state index in [1.54, 1.807) is 34.9 Å². The first-order valence-corrected chi connectivity index (χ1v) is 13.6. The molecule has 2 aromatic rings. The summed E-state index contributed by atoms with van der Waals surface area (Å²) in [6.45, 7) is 7.76. The lowest BCUT2D eigenvalue weighted by Crippen LogP contribution is -2.51. The molecule has 1 unspecified atom stereocenters. The van der Waals surface area contributed by atoms with Crippen LogP contribution in [0.4, 0.5) is 13.2 Å². The summed E-state index contributed by atoms with van der Waals surface area (Å²) in [4.78, 5) is 28.8. The molecular weight excluding hydrogens is 533 g/mol. The third-order valence-corrected chi connectivity index (χ3v) is 8.07. The zero-order valence-electron chi connectivity index (χ0n) is 22.4. The van der Waals surface area contributed by atoms with Gasteiger partial charge in [0.15, 0.2) is 6.23 Å². The fourth-order valence-electron chi connectivity index (χ4n) is 5.44. The third-order valence-electron chi connectivity index (χ3n) is 7.67. The molecule has 0 bridgehead atoms. The van der Waals surface area contributed by atoms with Crippen molar-refractivity contribution in [2.45, 2.75) is 59.0 Å². The highest BCUT2D eigenvalue weighted by molar-refractivity contribution is 6.31. The van der Waals surface area contributed by atoms with Gasteiger partial charge in [-0.15, -0.1) is 0 Å². The predicted octanol–water partition coefficient (Wildman–Crippen LogP) is 6.24. The Morgan fingerprint density at radius 1 is 1.05 bits per heavy atom. The van der Waals surface area contributed by atoms with Crippen molar-refractivity contribution in [3.05, 3.63) is 64.2 Å². The maximum absolute atomic E-state index is 13.3. The molecule has 1 amide bonds. The molecule has 212 valence electrons. The van der Waals surface area contributed by atoms with E-state index in [-0.39, 0.29) is 12.5 Å². The largest absolute Gasteiger partial charge is 0.493 e. The minimum Gasteiger partial charge on any atom is -0.493 e. The number of nitrogens with zero attached hydrogens (tertiary/aromatic N) is 2. The average molecular weight is 567 g/mol. The summed E-state index contributed by atoms with van der Waals surface area (Å²) < 4.78 is 51.1. The molecule has 2 saturated heterocycles. The van der Waals surface area contributed by atoms with Crippen molar-refractivity contribution in [3.63, 3.8) is 0 Å². The number of rotatable bonds is 7. The Labute approximate surface area is 232 Å². The molecule has 10 heteroatoms. The van der Waals surface area contributed by atoms with Crippen LogP contribution in [-0.4, -0.2) is 60.3 Å².